The van der Waals surface area contributed by atoms with Crippen molar-refractivity contribution in [2.45, 2.75) is 12.8 Å². The van der Waals surface area contributed by atoms with Crippen LogP contribution in [0.5, 0.6) is 5.75 Å². The molecule has 0 saturated heterocycles. The third kappa shape index (κ3) is 4.23. The molecule has 20 heavy (non-hydrogen) atoms. The summed E-state index contributed by atoms with van der Waals surface area (Å²) in [5.41, 5.74) is -0.624. The van der Waals surface area contributed by atoms with Crippen LogP contribution in [0.1, 0.15) is 23.2 Å². The Bertz CT molecular complexity index is 527. The van der Waals surface area contributed by atoms with Gasteiger partial charge in [0, 0.05) is 12.5 Å². The number of benzene rings is 1. The molecular weight excluding hydrogens is 270 g/mol. The molecule has 0 unspecified atom stereocenters. The second-order valence-corrected chi connectivity index (χ2v) is 3.77. The summed E-state index contributed by atoms with van der Waals surface area (Å²) < 4.78 is 9.62. The van der Waals surface area contributed by atoms with Gasteiger partial charge in [-0.25, -0.2) is 4.79 Å². The molecule has 1 aromatic rings. The molecule has 108 valence electrons. The molecule has 0 aliphatic heterocycles. The number of esters is 1. The Morgan fingerprint density at radius 2 is 2.10 bits per heavy atom. The van der Waals surface area contributed by atoms with E-state index in [4.69, 9.17) is 9.84 Å². The monoisotopic (exact) mass is 283 g/mol. The number of carbonyl (C=O) groups excluding carboxylic acids is 1. The highest BCUT2D eigenvalue weighted by Crippen LogP contribution is 2.28. The molecular formula is C12H13NO7. The van der Waals surface area contributed by atoms with E-state index in [9.17, 15) is 19.7 Å². The molecule has 0 heterocycles. The van der Waals surface area contributed by atoms with Gasteiger partial charge >= 0.3 is 17.6 Å². The van der Waals surface area contributed by atoms with Crippen molar-refractivity contribution in [2.24, 2.45) is 0 Å². The minimum atomic E-state index is -1.26. The first-order valence-electron chi connectivity index (χ1n) is 5.67. The van der Waals surface area contributed by atoms with Crippen molar-refractivity contribution in [2.75, 3.05) is 13.7 Å². The molecule has 0 amide bonds. The van der Waals surface area contributed by atoms with Crippen molar-refractivity contribution < 1.29 is 29.1 Å². The van der Waals surface area contributed by atoms with Crippen LogP contribution in [-0.4, -0.2) is 35.7 Å². The number of nitro benzene ring substituents is 1. The number of ether oxygens (including phenoxy) is 2. The van der Waals surface area contributed by atoms with Gasteiger partial charge in [-0.05, 0) is 18.6 Å². The fourth-order valence-electron chi connectivity index (χ4n) is 1.42. The Morgan fingerprint density at radius 1 is 1.40 bits per heavy atom. The van der Waals surface area contributed by atoms with Crippen molar-refractivity contribution >= 4 is 17.6 Å². The van der Waals surface area contributed by atoms with Gasteiger partial charge in [-0.3, -0.25) is 14.9 Å². The molecule has 0 aliphatic rings. The zero-order valence-electron chi connectivity index (χ0n) is 10.7. The van der Waals surface area contributed by atoms with E-state index in [0.29, 0.717) is 6.42 Å². The van der Waals surface area contributed by atoms with Gasteiger partial charge in [-0.2, -0.15) is 0 Å². The standard InChI is InChI=1S/C12H13NO7/c1-19-11(14)3-2-6-20-10-5-4-8(12(15)16)7-9(10)13(17)18/h4-5,7H,2-3,6H2,1H3,(H,15,16). The molecule has 0 atom stereocenters. The van der Waals surface area contributed by atoms with Crippen molar-refractivity contribution in [3.63, 3.8) is 0 Å². The SMILES string of the molecule is COC(=O)CCCOc1ccc(C(=O)O)cc1[N+](=O)[O-]. The summed E-state index contributed by atoms with van der Waals surface area (Å²) in [6, 6.07) is 3.36. The summed E-state index contributed by atoms with van der Waals surface area (Å²) >= 11 is 0. The van der Waals surface area contributed by atoms with E-state index in [0.717, 1.165) is 6.07 Å². The quantitative estimate of drug-likeness (QED) is 0.350. The Balaban J connectivity index is 2.72. The highest BCUT2D eigenvalue weighted by atomic mass is 16.6. The zero-order chi connectivity index (χ0) is 15.1. The maximum Gasteiger partial charge on any atom is 0.335 e. The number of aromatic carboxylic acids is 1. The van der Waals surface area contributed by atoms with Crippen LogP contribution in [0.4, 0.5) is 5.69 Å². The lowest BCUT2D eigenvalue weighted by Crippen LogP contribution is -2.06. The van der Waals surface area contributed by atoms with Crippen molar-refractivity contribution in [1.82, 2.24) is 0 Å². The van der Waals surface area contributed by atoms with E-state index in [1.807, 2.05) is 0 Å². The maximum atomic E-state index is 10.9. The predicted octanol–water partition coefficient (Wildman–Crippen LogP) is 1.62. The van der Waals surface area contributed by atoms with Gasteiger partial charge in [0.25, 0.3) is 0 Å². The number of carboxylic acids is 1. The Labute approximate surface area is 114 Å². The lowest BCUT2D eigenvalue weighted by atomic mass is 10.2. The van der Waals surface area contributed by atoms with E-state index in [-0.39, 0.29) is 24.3 Å². The van der Waals surface area contributed by atoms with Gasteiger partial charge in [-0.15, -0.1) is 0 Å². The molecule has 0 fully saturated rings. The normalized spacial score (nSPS) is 9.85. The zero-order valence-corrected chi connectivity index (χ0v) is 10.7. The predicted molar refractivity (Wildman–Crippen MR) is 66.8 cm³/mol. The Kier molecular flexibility index (Phi) is 5.45. The molecule has 1 rings (SSSR count). The second-order valence-electron chi connectivity index (χ2n) is 3.77. The number of carboxylic acid groups (broad SMARTS) is 1. The number of rotatable bonds is 7. The number of nitro groups is 1. The lowest BCUT2D eigenvalue weighted by molar-refractivity contribution is -0.385. The molecule has 0 bridgehead atoms. The van der Waals surface area contributed by atoms with E-state index in [1.54, 1.807) is 0 Å². The van der Waals surface area contributed by atoms with Crippen LogP contribution >= 0.6 is 0 Å². The average Bonchev–Trinajstić information content (AvgIpc) is 2.42. The smallest absolute Gasteiger partial charge is 0.335 e. The summed E-state index contributed by atoms with van der Waals surface area (Å²) in [6.45, 7) is 0.0857. The third-order valence-corrected chi connectivity index (χ3v) is 2.41. The van der Waals surface area contributed by atoms with E-state index in [1.165, 1.54) is 19.2 Å². The first-order valence-corrected chi connectivity index (χ1v) is 5.67. The fourth-order valence-corrected chi connectivity index (χ4v) is 1.42. The van der Waals surface area contributed by atoms with E-state index >= 15 is 0 Å². The van der Waals surface area contributed by atoms with Crippen molar-refractivity contribution in [1.29, 1.82) is 0 Å². The molecule has 0 aromatic heterocycles. The molecule has 8 heteroatoms. The van der Waals surface area contributed by atoms with Gasteiger partial charge in [0.15, 0.2) is 5.75 Å². The van der Waals surface area contributed by atoms with Crippen LogP contribution in [0.3, 0.4) is 0 Å². The van der Waals surface area contributed by atoms with Crippen molar-refractivity contribution in [3.05, 3.63) is 33.9 Å². The average molecular weight is 283 g/mol. The fraction of sp³-hybridized carbons (Fsp3) is 0.333. The first-order chi connectivity index (χ1) is 9.45. The molecule has 0 aliphatic carbocycles. The number of hydrogen-bond donors (Lipinski definition) is 1. The third-order valence-electron chi connectivity index (χ3n) is 2.41. The summed E-state index contributed by atoms with van der Waals surface area (Å²) in [4.78, 5) is 31.7. The highest BCUT2D eigenvalue weighted by molar-refractivity contribution is 5.88. The minimum Gasteiger partial charge on any atom is -0.487 e. The van der Waals surface area contributed by atoms with Crippen LogP contribution in [0.25, 0.3) is 0 Å². The van der Waals surface area contributed by atoms with Crippen LogP contribution in [0.15, 0.2) is 18.2 Å². The van der Waals surface area contributed by atoms with Gasteiger partial charge < -0.3 is 14.6 Å². The minimum absolute atomic E-state index is 0.0372. The topological polar surface area (TPSA) is 116 Å². The number of hydrogen-bond acceptors (Lipinski definition) is 6. The first kappa shape index (κ1) is 15.4. The number of methoxy groups -OCH3 is 1. The molecule has 1 aromatic carbocycles. The van der Waals surface area contributed by atoms with Crippen LogP contribution < -0.4 is 4.74 Å². The van der Waals surface area contributed by atoms with E-state index in [2.05, 4.69) is 4.74 Å². The van der Waals surface area contributed by atoms with Gasteiger partial charge in [0.05, 0.1) is 24.2 Å². The molecule has 1 N–H and O–H groups in total. The van der Waals surface area contributed by atoms with Crippen LogP contribution in [0, 0.1) is 10.1 Å². The summed E-state index contributed by atoms with van der Waals surface area (Å²) in [6.07, 6.45) is 0.474. The van der Waals surface area contributed by atoms with Gasteiger partial charge in [0.1, 0.15) is 0 Å². The summed E-state index contributed by atoms with van der Waals surface area (Å²) in [7, 11) is 1.26. The highest BCUT2D eigenvalue weighted by Gasteiger charge is 2.18. The van der Waals surface area contributed by atoms with Crippen LogP contribution in [0.2, 0.25) is 0 Å². The largest absolute Gasteiger partial charge is 0.487 e. The Morgan fingerprint density at radius 3 is 2.65 bits per heavy atom. The number of carbonyl (C=O) groups is 2. The lowest BCUT2D eigenvalue weighted by Gasteiger charge is -2.07. The Hall–Kier alpha value is -2.64. The van der Waals surface area contributed by atoms with Gasteiger partial charge in [-0.1, -0.05) is 0 Å². The molecule has 0 spiro atoms. The molecule has 8 nitrogen and oxygen atoms in total. The van der Waals surface area contributed by atoms with E-state index < -0.39 is 22.5 Å². The molecule has 0 radical (unpaired) electrons. The second kappa shape index (κ2) is 7.07. The summed E-state index contributed by atoms with van der Waals surface area (Å²) in [5.74, 6) is -1.69. The summed E-state index contributed by atoms with van der Waals surface area (Å²) in [5, 5.41) is 19.6. The number of nitrogens with zero attached hydrogens (tertiary/aromatic N) is 1. The van der Waals surface area contributed by atoms with Crippen LogP contribution in [-0.2, 0) is 9.53 Å². The molecule has 0 saturated carbocycles. The maximum absolute atomic E-state index is 10.9. The van der Waals surface area contributed by atoms with Crippen molar-refractivity contribution in [3.8, 4) is 5.75 Å². The van der Waals surface area contributed by atoms with Gasteiger partial charge in [0.2, 0.25) is 0 Å².